The molecule has 4 aliphatic carbocycles. The summed E-state index contributed by atoms with van der Waals surface area (Å²) in [7, 11) is 0. The van der Waals surface area contributed by atoms with Crippen LogP contribution in [0.15, 0.2) is 0 Å². The molecule has 194 valence electrons. The molecule has 6 fully saturated rings. The minimum atomic E-state index is -1.12. The maximum absolute atomic E-state index is 12.2. The van der Waals surface area contributed by atoms with Gasteiger partial charge in [0.2, 0.25) is 0 Å². The van der Waals surface area contributed by atoms with Crippen LogP contribution in [0.4, 0.5) is 0 Å². The summed E-state index contributed by atoms with van der Waals surface area (Å²) in [5.74, 6) is 0.397. The molecule has 1 spiro atoms. The van der Waals surface area contributed by atoms with Gasteiger partial charge in [-0.25, -0.2) is 0 Å². The lowest BCUT2D eigenvalue weighted by Gasteiger charge is -2.63. The van der Waals surface area contributed by atoms with Crippen molar-refractivity contribution < 1.29 is 29.9 Å². The number of hydrogen-bond acceptors (Lipinski definition) is 6. The first-order chi connectivity index (χ1) is 15.7. The van der Waals surface area contributed by atoms with Gasteiger partial charge in [0.15, 0.2) is 5.79 Å². The maximum atomic E-state index is 12.2. The predicted molar refractivity (Wildman–Crippen MR) is 127 cm³/mol. The Morgan fingerprint density at radius 3 is 2.12 bits per heavy atom. The molecule has 2 saturated heterocycles. The number of aliphatic hydroxyl groups excluding tert-OH is 3. The smallest absolute Gasteiger partial charge is 0.198 e. The molecule has 0 aromatic heterocycles. The quantitative estimate of drug-likeness (QED) is 0.427. The van der Waals surface area contributed by atoms with Crippen LogP contribution in [0.25, 0.3) is 0 Å². The van der Waals surface area contributed by atoms with E-state index in [0.29, 0.717) is 43.4 Å². The van der Waals surface area contributed by atoms with Crippen LogP contribution in [-0.4, -0.2) is 61.8 Å². The van der Waals surface area contributed by atoms with E-state index in [-0.39, 0.29) is 40.3 Å². The first-order valence-electron chi connectivity index (χ1n) is 13.8. The zero-order valence-electron chi connectivity index (χ0n) is 21.8. The molecule has 8 unspecified atom stereocenters. The van der Waals surface area contributed by atoms with E-state index in [9.17, 15) is 20.4 Å². The van der Waals surface area contributed by atoms with E-state index < -0.39 is 29.7 Å². The fraction of sp³-hybridized carbons (Fsp3) is 1.00. The SMILES string of the molecule is C[C@H]1C[C@@]2(OC3CC4C5CCC6C[C@H](O)[C@H](O)CC6(C)C5[C@@H](O)CC4(C)C3[C@@]2(C)O)OC1(C)C. The molecule has 4 N–H and O–H groups in total. The van der Waals surface area contributed by atoms with Crippen LogP contribution in [-0.2, 0) is 9.47 Å². The van der Waals surface area contributed by atoms with Crippen molar-refractivity contribution in [2.24, 2.45) is 46.3 Å². The Morgan fingerprint density at radius 1 is 0.794 bits per heavy atom. The average molecular weight is 479 g/mol. The summed E-state index contributed by atoms with van der Waals surface area (Å²) in [6, 6.07) is 0. The summed E-state index contributed by atoms with van der Waals surface area (Å²) in [5.41, 5.74) is -1.87. The monoisotopic (exact) mass is 478 g/mol. The van der Waals surface area contributed by atoms with Crippen LogP contribution < -0.4 is 0 Å². The summed E-state index contributed by atoms with van der Waals surface area (Å²) in [6.07, 6.45) is 3.60. The minimum absolute atomic E-state index is 0.0682. The third kappa shape index (κ3) is 2.79. The first-order valence-corrected chi connectivity index (χ1v) is 13.8. The molecule has 2 heterocycles. The third-order valence-corrected chi connectivity index (χ3v) is 12.5. The molecule has 0 aromatic carbocycles. The molecule has 14 atom stereocenters. The third-order valence-electron chi connectivity index (χ3n) is 12.5. The van der Waals surface area contributed by atoms with Crippen molar-refractivity contribution in [3.63, 3.8) is 0 Å². The Hall–Kier alpha value is -0.240. The molecular formula is C28H46O6. The van der Waals surface area contributed by atoms with Gasteiger partial charge < -0.3 is 29.9 Å². The lowest BCUT2D eigenvalue weighted by Crippen LogP contribution is -2.63. The minimum Gasteiger partial charge on any atom is -0.393 e. The zero-order valence-corrected chi connectivity index (χ0v) is 21.8. The molecule has 0 aromatic rings. The maximum Gasteiger partial charge on any atom is 0.198 e. The molecule has 6 heteroatoms. The van der Waals surface area contributed by atoms with Crippen molar-refractivity contribution in [1.29, 1.82) is 0 Å². The van der Waals surface area contributed by atoms with Crippen molar-refractivity contribution in [2.45, 2.75) is 128 Å². The van der Waals surface area contributed by atoms with Gasteiger partial charge in [0, 0.05) is 12.3 Å². The molecule has 6 nitrogen and oxygen atoms in total. The van der Waals surface area contributed by atoms with E-state index in [1.54, 1.807) is 0 Å². The number of fused-ring (bicyclic) bond motifs is 7. The van der Waals surface area contributed by atoms with Gasteiger partial charge >= 0.3 is 0 Å². The van der Waals surface area contributed by atoms with Gasteiger partial charge in [0.1, 0.15) is 5.60 Å². The van der Waals surface area contributed by atoms with Gasteiger partial charge in [0.05, 0.1) is 30.0 Å². The molecule has 0 radical (unpaired) electrons. The summed E-state index contributed by atoms with van der Waals surface area (Å²) < 4.78 is 13.3. The van der Waals surface area contributed by atoms with E-state index in [1.807, 2.05) is 6.92 Å². The zero-order chi connectivity index (χ0) is 24.6. The van der Waals surface area contributed by atoms with Crippen LogP contribution in [0.1, 0.15) is 86.5 Å². The van der Waals surface area contributed by atoms with Crippen LogP contribution in [0, 0.1) is 46.3 Å². The van der Waals surface area contributed by atoms with Gasteiger partial charge in [-0.2, -0.15) is 0 Å². The summed E-state index contributed by atoms with van der Waals surface area (Å²) in [6.45, 7) is 12.8. The van der Waals surface area contributed by atoms with Crippen molar-refractivity contribution in [3.05, 3.63) is 0 Å². The highest BCUT2D eigenvalue weighted by Crippen LogP contribution is 2.72. The number of rotatable bonds is 0. The number of ether oxygens (including phenoxy) is 2. The van der Waals surface area contributed by atoms with Gasteiger partial charge in [-0.15, -0.1) is 0 Å². The lowest BCUT2D eigenvalue weighted by molar-refractivity contribution is -0.300. The largest absolute Gasteiger partial charge is 0.393 e. The second kappa shape index (κ2) is 6.99. The van der Waals surface area contributed by atoms with E-state index in [4.69, 9.17) is 9.47 Å². The highest BCUT2D eigenvalue weighted by molar-refractivity contribution is 5.22. The van der Waals surface area contributed by atoms with Gasteiger partial charge in [0.25, 0.3) is 0 Å². The van der Waals surface area contributed by atoms with Crippen molar-refractivity contribution >= 4 is 0 Å². The number of aliphatic hydroxyl groups is 4. The van der Waals surface area contributed by atoms with E-state index in [1.165, 1.54) is 0 Å². The van der Waals surface area contributed by atoms with Crippen LogP contribution in [0.3, 0.4) is 0 Å². The number of hydrogen-bond donors (Lipinski definition) is 4. The normalized spacial score (nSPS) is 64.4. The van der Waals surface area contributed by atoms with Gasteiger partial charge in [-0.05, 0) is 99.7 Å². The van der Waals surface area contributed by atoms with Crippen molar-refractivity contribution in [2.75, 3.05) is 0 Å². The van der Waals surface area contributed by atoms with E-state index in [2.05, 4.69) is 34.6 Å². The second-order valence-corrected chi connectivity index (χ2v) is 14.5. The lowest BCUT2D eigenvalue weighted by atomic mass is 9.43. The summed E-state index contributed by atoms with van der Waals surface area (Å²) >= 11 is 0. The Morgan fingerprint density at radius 2 is 1.47 bits per heavy atom. The first kappa shape index (κ1) is 24.1. The summed E-state index contributed by atoms with van der Waals surface area (Å²) in [5, 5.41) is 44.8. The standard InChI is InChI=1S/C28H46O6/c1-14-11-28(34-24(14,2)3)27(6,32)23-21(33-28)10-17-16-8-7-15-9-18(29)19(30)12-25(15,4)22(16)20(31)13-26(17,23)5/h14-23,29-32H,7-13H2,1-6H3/t14-,15?,16?,17?,18-,19+,20-,21?,22?,23?,25?,26?,27+,28+/m0/s1. The molecule has 0 bridgehead atoms. The predicted octanol–water partition coefficient (Wildman–Crippen LogP) is 3.24. The molecule has 6 aliphatic rings. The molecular weight excluding hydrogens is 432 g/mol. The topological polar surface area (TPSA) is 99.4 Å². The Bertz CT molecular complexity index is 858. The van der Waals surface area contributed by atoms with Crippen LogP contribution in [0.5, 0.6) is 0 Å². The molecule has 2 aliphatic heterocycles. The van der Waals surface area contributed by atoms with E-state index in [0.717, 1.165) is 19.3 Å². The van der Waals surface area contributed by atoms with E-state index >= 15 is 0 Å². The van der Waals surface area contributed by atoms with Gasteiger partial charge in [-0.3, -0.25) is 0 Å². The van der Waals surface area contributed by atoms with Crippen LogP contribution >= 0.6 is 0 Å². The molecule has 34 heavy (non-hydrogen) atoms. The Labute approximate surface area is 204 Å². The highest BCUT2D eigenvalue weighted by Gasteiger charge is 2.77. The fourth-order valence-electron chi connectivity index (χ4n) is 10.7. The van der Waals surface area contributed by atoms with Gasteiger partial charge in [-0.1, -0.05) is 20.8 Å². The second-order valence-electron chi connectivity index (χ2n) is 14.5. The Kier molecular flexibility index (Phi) is 4.96. The van der Waals surface area contributed by atoms with Crippen LogP contribution in [0.2, 0.25) is 0 Å². The molecule has 6 rings (SSSR count). The Balaban J connectivity index is 1.34. The van der Waals surface area contributed by atoms with Crippen molar-refractivity contribution in [3.8, 4) is 0 Å². The molecule has 0 amide bonds. The summed E-state index contributed by atoms with van der Waals surface area (Å²) in [4.78, 5) is 0. The molecule has 4 saturated carbocycles. The highest BCUT2D eigenvalue weighted by atomic mass is 16.7. The average Bonchev–Trinajstić information content (AvgIpc) is 3.20. The van der Waals surface area contributed by atoms with Crippen molar-refractivity contribution in [1.82, 2.24) is 0 Å². The fourth-order valence-corrected chi connectivity index (χ4v) is 10.7.